The van der Waals surface area contributed by atoms with Gasteiger partial charge in [0.05, 0.1) is 0 Å². The summed E-state index contributed by atoms with van der Waals surface area (Å²) in [6.45, 7) is 1.98. The molecule has 0 saturated carbocycles. The molecule has 1 unspecified atom stereocenters. The first-order valence-electron chi connectivity index (χ1n) is 3.66. The molecule has 1 aliphatic rings. The molecule has 0 aromatic heterocycles. The van der Waals surface area contributed by atoms with Crippen molar-refractivity contribution in [2.24, 2.45) is 5.92 Å². The number of carbonyl (C=O) groups excluding carboxylic acids is 1. The molecule has 0 aliphatic heterocycles. The predicted molar refractivity (Wildman–Crippen MR) is 41.7 cm³/mol. The maximum Gasteiger partial charge on any atom is 0.159 e. The molecule has 0 heterocycles. The van der Waals surface area contributed by atoms with E-state index in [9.17, 15) is 4.79 Å². The van der Waals surface area contributed by atoms with E-state index in [0.29, 0.717) is 0 Å². The highest BCUT2D eigenvalue weighted by atomic mass is 16.1. The summed E-state index contributed by atoms with van der Waals surface area (Å²) in [6, 6.07) is 0. The van der Waals surface area contributed by atoms with Gasteiger partial charge in [0.1, 0.15) is 0 Å². The molecule has 0 radical (unpaired) electrons. The van der Waals surface area contributed by atoms with Crippen LogP contribution in [0.1, 0.15) is 19.8 Å². The van der Waals surface area contributed by atoms with E-state index in [2.05, 4.69) is 6.08 Å². The van der Waals surface area contributed by atoms with Crippen molar-refractivity contribution in [3.63, 3.8) is 0 Å². The van der Waals surface area contributed by atoms with Crippen LogP contribution in [-0.4, -0.2) is 5.78 Å². The van der Waals surface area contributed by atoms with Crippen LogP contribution >= 0.6 is 0 Å². The predicted octanol–water partition coefficient (Wildman–Crippen LogP) is 2.10. The largest absolute Gasteiger partial charge is 0.295 e. The normalized spacial score (nSPS) is 24.9. The van der Waals surface area contributed by atoms with Crippen molar-refractivity contribution in [2.75, 3.05) is 0 Å². The van der Waals surface area contributed by atoms with Gasteiger partial charge in [-0.25, -0.2) is 0 Å². The Bertz CT molecular complexity index is 177. The van der Waals surface area contributed by atoms with Crippen LogP contribution in [0.15, 0.2) is 24.3 Å². The summed E-state index contributed by atoms with van der Waals surface area (Å²) < 4.78 is 0. The van der Waals surface area contributed by atoms with Crippen LogP contribution in [0.4, 0.5) is 0 Å². The quantitative estimate of drug-likeness (QED) is 0.531. The number of ketones is 1. The van der Waals surface area contributed by atoms with Gasteiger partial charge in [-0.2, -0.15) is 0 Å². The Kier molecular flexibility index (Phi) is 2.43. The lowest BCUT2D eigenvalue weighted by atomic mass is 10.0. The maximum absolute atomic E-state index is 11.0. The molecule has 0 aromatic rings. The van der Waals surface area contributed by atoms with Gasteiger partial charge in [0.15, 0.2) is 5.78 Å². The molecule has 0 fully saturated rings. The monoisotopic (exact) mass is 136 g/mol. The van der Waals surface area contributed by atoms with E-state index in [1.807, 2.05) is 19.1 Å². The highest BCUT2D eigenvalue weighted by Crippen LogP contribution is 2.17. The van der Waals surface area contributed by atoms with Gasteiger partial charge in [-0.1, -0.05) is 18.2 Å². The van der Waals surface area contributed by atoms with Crippen LogP contribution in [0.5, 0.6) is 0 Å². The molecule has 0 saturated heterocycles. The second kappa shape index (κ2) is 3.35. The zero-order chi connectivity index (χ0) is 7.40. The molecule has 0 N–H and O–H groups in total. The molecule has 0 spiro atoms. The summed E-state index contributed by atoms with van der Waals surface area (Å²) in [5.74, 6) is 0.536. The van der Waals surface area contributed by atoms with Crippen molar-refractivity contribution < 1.29 is 4.79 Å². The molecule has 10 heavy (non-hydrogen) atoms. The van der Waals surface area contributed by atoms with Gasteiger partial charge in [0.25, 0.3) is 0 Å². The third kappa shape index (κ3) is 1.56. The third-order valence-electron chi connectivity index (χ3n) is 1.76. The number of allylic oxidation sites excluding steroid dienone is 4. The average Bonchev–Trinajstić information content (AvgIpc) is 2.31. The van der Waals surface area contributed by atoms with E-state index < -0.39 is 0 Å². The van der Waals surface area contributed by atoms with E-state index >= 15 is 0 Å². The van der Waals surface area contributed by atoms with E-state index in [1.165, 1.54) is 0 Å². The Hall–Kier alpha value is -0.850. The van der Waals surface area contributed by atoms with Crippen molar-refractivity contribution in [3.8, 4) is 0 Å². The van der Waals surface area contributed by atoms with Crippen LogP contribution in [-0.2, 0) is 4.79 Å². The van der Waals surface area contributed by atoms with E-state index in [1.54, 1.807) is 6.08 Å². The Morgan fingerprint density at radius 3 is 3.10 bits per heavy atom. The first-order valence-corrected chi connectivity index (χ1v) is 3.66. The second-order valence-corrected chi connectivity index (χ2v) is 2.54. The third-order valence-corrected chi connectivity index (χ3v) is 1.76. The molecule has 1 aliphatic carbocycles. The van der Waals surface area contributed by atoms with Gasteiger partial charge in [-0.15, -0.1) is 0 Å². The molecule has 1 heteroatoms. The molecule has 1 nitrogen and oxygen atoms in total. The fourth-order valence-corrected chi connectivity index (χ4v) is 1.11. The van der Waals surface area contributed by atoms with Crippen LogP contribution < -0.4 is 0 Å². The second-order valence-electron chi connectivity index (χ2n) is 2.54. The van der Waals surface area contributed by atoms with Crippen molar-refractivity contribution in [2.45, 2.75) is 19.8 Å². The number of hydrogen-bond donors (Lipinski definition) is 0. The van der Waals surface area contributed by atoms with Gasteiger partial charge >= 0.3 is 0 Å². The van der Waals surface area contributed by atoms with Crippen LogP contribution in [0.25, 0.3) is 0 Å². The van der Waals surface area contributed by atoms with Gasteiger partial charge in [-0.05, 0) is 25.8 Å². The summed E-state index contributed by atoms with van der Waals surface area (Å²) in [5.41, 5.74) is 0. The molecule has 0 amide bonds. The molecular formula is C9H12O. The minimum absolute atomic E-state index is 0.246. The maximum atomic E-state index is 11.0. The summed E-state index contributed by atoms with van der Waals surface area (Å²) in [4.78, 5) is 11.0. The van der Waals surface area contributed by atoms with Gasteiger partial charge < -0.3 is 0 Å². The lowest BCUT2D eigenvalue weighted by Crippen LogP contribution is -2.04. The zero-order valence-corrected chi connectivity index (χ0v) is 6.21. The van der Waals surface area contributed by atoms with E-state index in [4.69, 9.17) is 0 Å². The van der Waals surface area contributed by atoms with Crippen molar-refractivity contribution in [1.82, 2.24) is 0 Å². The molecular weight excluding hydrogens is 124 g/mol. The lowest BCUT2D eigenvalue weighted by molar-refractivity contribution is -0.117. The van der Waals surface area contributed by atoms with Gasteiger partial charge in [0, 0.05) is 5.92 Å². The Morgan fingerprint density at radius 2 is 2.60 bits per heavy atom. The molecule has 1 atom stereocenters. The smallest absolute Gasteiger partial charge is 0.159 e. The molecule has 0 aromatic carbocycles. The summed E-state index contributed by atoms with van der Waals surface area (Å²) in [6.07, 6.45) is 9.53. The topological polar surface area (TPSA) is 17.1 Å². The fraction of sp³-hybridized carbons (Fsp3) is 0.444. The van der Waals surface area contributed by atoms with Crippen molar-refractivity contribution in [3.05, 3.63) is 24.3 Å². The van der Waals surface area contributed by atoms with Crippen LogP contribution in [0, 0.1) is 5.92 Å². The Morgan fingerprint density at radius 1 is 1.80 bits per heavy atom. The first-order chi connectivity index (χ1) is 4.84. The minimum Gasteiger partial charge on any atom is -0.295 e. The van der Waals surface area contributed by atoms with Crippen molar-refractivity contribution >= 4 is 5.78 Å². The SMILES string of the molecule is C/C=C\CC1CC=CC1=O. The van der Waals surface area contributed by atoms with Crippen LogP contribution in [0.3, 0.4) is 0 Å². The summed E-state index contributed by atoms with van der Waals surface area (Å²) in [5, 5.41) is 0. The van der Waals surface area contributed by atoms with E-state index in [-0.39, 0.29) is 11.7 Å². The summed E-state index contributed by atoms with van der Waals surface area (Å²) in [7, 11) is 0. The van der Waals surface area contributed by atoms with Gasteiger partial charge in [0.2, 0.25) is 0 Å². The van der Waals surface area contributed by atoms with Crippen LogP contribution in [0.2, 0.25) is 0 Å². The number of rotatable bonds is 2. The molecule has 0 bridgehead atoms. The lowest BCUT2D eigenvalue weighted by Gasteiger charge is -2.01. The summed E-state index contributed by atoms with van der Waals surface area (Å²) >= 11 is 0. The fourth-order valence-electron chi connectivity index (χ4n) is 1.11. The first kappa shape index (κ1) is 7.26. The molecule has 54 valence electrons. The Balaban J connectivity index is 2.37. The highest BCUT2D eigenvalue weighted by Gasteiger charge is 2.16. The van der Waals surface area contributed by atoms with E-state index in [0.717, 1.165) is 12.8 Å². The highest BCUT2D eigenvalue weighted by molar-refractivity contribution is 5.94. The Labute approximate surface area is 61.4 Å². The average molecular weight is 136 g/mol. The number of carbonyl (C=O) groups is 1. The standard InChI is InChI=1S/C9H12O/c1-2-3-5-8-6-4-7-9(8)10/h2-4,7-8H,5-6H2,1H3/b3-2-. The number of hydrogen-bond acceptors (Lipinski definition) is 1. The molecule has 1 rings (SSSR count). The van der Waals surface area contributed by atoms with Gasteiger partial charge in [-0.3, -0.25) is 4.79 Å². The minimum atomic E-state index is 0.246. The zero-order valence-electron chi connectivity index (χ0n) is 6.21. The van der Waals surface area contributed by atoms with Crippen molar-refractivity contribution in [1.29, 1.82) is 0 Å².